The third-order valence-electron chi connectivity index (χ3n) is 9.39. The first-order chi connectivity index (χ1) is 24.6. The van der Waals surface area contributed by atoms with E-state index in [0.717, 1.165) is 39.9 Å². The summed E-state index contributed by atoms with van der Waals surface area (Å²) in [6.07, 6.45) is -4.73. The van der Waals surface area contributed by atoms with Gasteiger partial charge in [0.25, 0.3) is 0 Å². The Kier molecular flexibility index (Phi) is 11.5. The van der Waals surface area contributed by atoms with E-state index >= 15 is 0 Å². The fourth-order valence-corrected chi connectivity index (χ4v) is 6.79. The van der Waals surface area contributed by atoms with Crippen molar-refractivity contribution in [1.29, 1.82) is 0 Å². The number of ether oxygens (including phenoxy) is 2. The lowest BCUT2D eigenvalue weighted by Gasteiger charge is -2.38. The van der Waals surface area contributed by atoms with Gasteiger partial charge in [-0.1, -0.05) is 97.1 Å². The summed E-state index contributed by atoms with van der Waals surface area (Å²) in [5.74, 6) is -2.58. The molecule has 2 heterocycles. The van der Waals surface area contributed by atoms with Crippen molar-refractivity contribution in [1.82, 2.24) is 15.1 Å². The minimum atomic E-state index is -5.02. The molecule has 0 aliphatic carbocycles. The average Bonchev–Trinajstić information content (AvgIpc) is 3.64. The van der Waals surface area contributed by atoms with Crippen molar-refractivity contribution < 1.29 is 37.3 Å². The summed E-state index contributed by atoms with van der Waals surface area (Å²) >= 11 is 0. The Morgan fingerprint density at radius 1 is 0.863 bits per heavy atom. The van der Waals surface area contributed by atoms with E-state index in [0.29, 0.717) is 24.3 Å². The Balaban J connectivity index is 1.12. The highest BCUT2D eigenvalue weighted by Crippen LogP contribution is 2.39. The van der Waals surface area contributed by atoms with Gasteiger partial charge in [-0.25, -0.2) is 0 Å². The first kappa shape index (κ1) is 36.2. The monoisotopic (exact) mass is 701 g/mol. The van der Waals surface area contributed by atoms with E-state index < -0.39 is 30.3 Å². The number of carbonyl (C=O) groups is 2. The highest BCUT2D eigenvalue weighted by molar-refractivity contribution is 5.90. The minimum absolute atomic E-state index is 0.0267. The van der Waals surface area contributed by atoms with Crippen LogP contribution >= 0.6 is 0 Å². The number of halogens is 3. The number of nitrogens with zero attached hydrogens (tertiary/aromatic N) is 2. The zero-order valence-electron chi connectivity index (χ0n) is 28.4. The van der Waals surface area contributed by atoms with Gasteiger partial charge in [-0.15, -0.1) is 0 Å². The first-order valence-corrected chi connectivity index (χ1v) is 17.1. The molecular weight excluding hydrogens is 659 g/mol. The van der Waals surface area contributed by atoms with Gasteiger partial charge in [-0.05, 0) is 59.3 Å². The lowest BCUT2D eigenvalue weighted by molar-refractivity contribution is -0.252. The molecule has 2 fully saturated rings. The number of carbonyl (C=O) groups excluding carboxylic acids is 2. The molecule has 8 nitrogen and oxygen atoms in total. The van der Waals surface area contributed by atoms with Crippen LogP contribution in [-0.2, 0) is 38.8 Å². The number of hydrogen-bond donors (Lipinski definition) is 2. The molecule has 51 heavy (non-hydrogen) atoms. The second-order valence-electron chi connectivity index (χ2n) is 13.2. The SMILES string of the molecule is CN(Cc1ccccc1)CC1CC(c2ccc(CO)cc2)OC(c2ccc(-c3cccc(CNC(=O)C4CCCN4C(=O)C(F)(F)F)c3)cc2)O1. The number of alkyl halides is 3. The van der Waals surface area contributed by atoms with Gasteiger partial charge in [0.15, 0.2) is 6.29 Å². The van der Waals surface area contributed by atoms with Crippen LogP contribution in [-0.4, -0.2) is 65.2 Å². The molecule has 0 saturated carbocycles. The molecule has 6 rings (SSSR count). The molecule has 4 atom stereocenters. The number of aliphatic hydroxyl groups excluding tert-OH is 1. The van der Waals surface area contributed by atoms with Gasteiger partial charge in [0, 0.05) is 38.2 Å². The van der Waals surface area contributed by atoms with Gasteiger partial charge >= 0.3 is 12.1 Å². The third-order valence-corrected chi connectivity index (χ3v) is 9.39. The summed E-state index contributed by atoms with van der Waals surface area (Å²) in [7, 11) is 2.08. The predicted molar refractivity (Wildman–Crippen MR) is 186 cm³/mol. The smallest absolute Gasteiger partial charge is 0.392 e. The van der Waals surface area contributed by atoms with Crippen molar-refractivity contribution >= 4 is 11.8 Å². The molecule has 2 saturated heterocycles. The maximum Gasteiger partial charge on any atom is 0.471 e. The number of likely N-dealkylation sites (N-methyl/N-ethyl adjacent to an activating group) is 1. The molecule has 0 bridgehead atoms. The Morgan fingerprint density at radius 2 is 1.57 bits per heavy atom. The standard InChI is InChI=1S/C40H42F3N3O5/c1-45(24-27-7-3-2-4-8-27)25-34-22-36(31-14-12-28(26-47)13-15-31)51-38(50-34)32-18-16-30(17-19-32)33-10-5-9-29(21-33)23-44-37(48)35-11-6-20-46(35)39(49)40(41,42)43/h2-5,7-10,12-19,21,34-36,38,47H,6,11,20,22-26H2,1H3,(H,44,48). The number of likely N-dealkylation sites (tertiary alicyclic amines) is 1. The van der Waals surface area contributed by atoms with Crippen molar-refractivity contribution in [3.8, 4) is 11.1 Å². The van der Waals surface area contributed by atoms with E-state index in [1.54, 1.807) is 0 Å². The van der Waals surface area contributed by atoms with Crippen LogP contribution in [0.25, 0.3) is 11.1 Å². The van der Waals surface area contributed by atoms with Crippen LogP contribution in [0.3, 0.4) is 0 Å². The van der Waals surface area contributed by atoms with Crippen LogP contribution in [0.5, 0.6) is 0 Å². The van der Waals surface area contributed by atoms with Crippen molar-refractivity contribution in [3.05, 3.63) is 131 Å². The fraction of sp³-hybridized carbons (Fsp3) is 0.350. The van der Waals surface area contributed by atoms with E-state index in [9.17, 15) is 27.9 Å². The van der Waals surface area contributed by atoms with Crippen molar-refractivity contribution in [3.63, 3.8) is 0 Å². The zero-order valence-corrected chi connectivity index (χ0v) is 28.4. The average molecular weight is 702 g/mol. The summed E-state index contributed by atoms with van der Waals surface area (Å²) in [5, 5.41) is 12.2. The number of nitrogens with one attached hydrogen (secondary N) is 1. The molecule has 268 valence electrons. The summed E-state index contributed by atoms with van der Waals surface area (Å²) in [5.41, 5.74) is 6.54. The largest absolute Gasteiger partial charge is 0.471 e. The first-order valence-electron chi connectivity index (χ1n) is 17.1. The number of benzene rings is 4. The Morgan fingerprint density at radius 3 is 2.27 bits per heavy atom. The fourth-order valence-electron chi connectivity index (χ4n) is 6.79. The van der Waals surface area contributed by atoms with Gasteiger partial charge in [0.1, 0.15) is 6.04 Å². The van der Waals surface area contributed by atoms with Crippen molar-refractivity contribution in [2.75, 3.05) is 20.1 Å². The minimum Gasteiger partial charge on any atom is -0.392 e. The van der Waals surface area contributed by atoms with Crippen LogP contribution in [0.2, 0.25) is 0 Å². The van der Waals surface area contributed by atoms with Gasteiger partial charge < -0.3 is 24.8 Å². The Hall–Kier alpha value is -4.55. The number of hydrogen-bond acceptors (Lipinski definition) is 6. The molecule has 4 unspecified atom stereocenters. The molecule has 0 radical (unpaired) electrons. The molecule has 2 aliphatic rings. The van der Waals surface area contributed by atoms with E-state index in [4.69, 9.17) is 9.47 Å². The third kappa shape index (κ3) is 9.22. The normalized spacial score (nSPS) is 20.8. The van der Waals surface area contributed by atoms with Crippen LogP contribution < -0.4 is 5.32 Å². The molecule has 2 N–H and O–H groups in total. The maximum absolute atomic E-state index is 13.0. The summed E-state index contributed by atoms with van der Waals surface area (Å²) in [4.78, 5) is 27.5. The maximum atomic E-state index is 13.0. The number of amides is 2. The van der Waals surface area contributed by atoms with E-state index in [1.807, 2.05) is 91.0 Å². The van der Waals surface area contributed by atoms with Crippen molar-refractivity contribution in [2.24, 2.45) is 0 Å². The summed E-state index contributed by atoms with van der Waals surface area (Å²) in [6.45, 7) is 1.49. The second-order valence-corrected chi connectivity index (χ2v) is 13.2. The lowest BCUT2D eigenvalue weighted by atomic mass is 9.99. The quantitative estimate of drug-likeness (QED) is 0.181. The van der Waals surface area contributed by atoms with Crippen LogP contribution in [0, 0.1) is 0 Å². The Labute approximate surface area is 295 Å². The molecule has 4 aromatic carbocycles. The number of aliphatic hydroxyl groups is 1. The van der Waals surface area contributed by atoms with E-state index in [-0.39, 0.29) is 38.3 Å². The molecule has 0 spiro atoms. The molecule has 2 aliphatic heterocycles. The topological polar surface area (TPSA) is 91.3 Å². The zero-order chi connectivity index (χ0) is 36.0. The summed E-state index contributed by atoms with van der Waals surface area (Å²) < 4.78 is 52.1. The number of rotatable bonds is 11. The summed E-state index contributed by atoms with van der Waals surface area (Å²) in [6, 6.07) is 32.4. The molecular formula is C40H42F3N3O5. The molecule has 11 heteroatoms. The van der Waals surface area contributed by atoms with Crippen molar-refractivity contribution in [2.45, 2.75) is 69.7 Å². The Bertz CT molecular complexity index is 1770. The highest BCUT2D eigenvalue weighted by atomic mass is 19.4. The van der Waals surface area contributed by atoms with E-state index in [2.05, 4.69) is 29.4 Å². The predicted octanol–water partition coefficient (Wildman–Crippen LogP) is 6.69. The van der Waals surface area contributed by atoms with Gasteiger partial charge in [-0.3, -0.25) is 14.5 Å². The van der Waals surface area contributed by atoms with E-state index in [1.165, 1.54) is 5.56 Å². The van der Waals surface area contributed by atoms with Crippen LogP contribution in [0.4, 0.5) is 13.2 Å². The van der Waals surface area contributed by atoms with Gasteiger partial charge in [0.2, 0.25) is 5.91 Å². The van der Waals surface area contributed by atoms with Gasteiger partial charge in [-0.2, -0.15) is 13.2 Å². The molecule has 4 aromatic rings. The van der Waals surface area contributed by atoms with Gasteiger partial charge in [0.05, 0.1) is 18.8 Å². The molecule has 0 aromatic heterocycles. The highest BCUT2D eigenvalue weighted by Gasteiger charge is 2.47. The van der Waals surface area contributed by atoms with Crippen LogP contribution in [0.15, 0.2) is 103 Å². The lowest BCUT2D eigenvalue weighted by Crippen LogP contribution is -2.50. The second kappa shape index (κ2) is 16.2. The van der Waals surface area contributed by atoms with Crippen LogP contribution in [0.1, 0.15) is 59.5 Å². The molecule has 2 amide bonds.